The minimum Gasteiger partial charge on any atom is -0.380 e. The lowest BCUT2D eigenvalue weighted by Crippen LogP contribution is -2.31. The Balaban J connectivity index is 1.94. The van der Waals surface area contributed by atoms with Crippen molar-refractivity contribution in [3.63, 3.8) is 0 Å². The number of hydrogen-bond acceptors (Lipinski definition) is 3. The number of aromatic nitrogens is 1. The van der Waals surface area contributed by atoms with Gasteiger partial charge in [-0.25, -0.2) is 0 Å². The van der Waals surface area contributed by atoms with Gasteiger partial charge in [-0.2, -0.15) is 0 Å². The molecule has 0 aliphatic carbocycles. The average Bonchev–Trinajstić information content (AvgIpc) is 2.47. The second-order valence-corrected chi connectivity index (χ2v) is 4.55. The van der Waals surface area contributed by atoms with Crippen LogP contribution in [0.2, 0.25) is 0 Å². The lowest BCUT2D eigenvalue weighted by atomic mass is 10.0. The molecule has 1 atom stereocenters. The number of pyridine rings is 1. The molecular formula is C11H17N3. The minimum atomic E-state index is 0.264. The first-order chi connectivity index (χ1) is 6.66. The molecule has 1 saturated heterocycles. The van der Waals surface area contributed by atoms with E-state index in [1.165, 1.54) is 0 Å². The third-order valence-electron chi connectivity index (χ3n) is 2.62. The molecule has 1 unspecified atom stereocenters. The molecule has 14 heavy (non-hydrogen) atoms. The summed E-state index contributed by atoms with van der Waals surface area (Å²) in [7, 11) is 0. The Kier molecular flexibility index (Phi) is 2.42. The normalized spacial score (nSPS) is 24.9. The fourth-order valence-electron chi connectivity index (χ4n) is 1.95. The molecule has 3 heteroatoms. The molecule has 0 radical (unpaired) electrons. The maximum atomic E-state index is 4.08. The molecule has 1 aliphatic heterocycles. The zero-order chi connectivity index (χ0) is 10.0. The van der Waals surface area contributed by atoms with Crippen LogP contribution >= 0.6 is 0 Å². The van der Waals surface area contributed by atoms with Gasteiger partial charge in [0.1, 0.15) is 0 Å². The fourth-order valence-corrected chi connectivity index (χ4v) is 1.95. The predicted octanol–water partition coefficient (Wildman–Crippen LogP) is 1.63. The quantitative estimate of drug-likeness (QED) is 0.746. The zero-order valence-corrected chi connectivity index (χ0v) is 8.75. The van der Waals surface area contributed by atoms with Gasteiger partial charge < -0.3 is 10.6 Å². The van der Waals surface area contributed by atoms with Crippen LogP contribution < -0.4 is 10.6 Å². The lowest BCUT2D eigenvalue weighted by molar-refractivity contribution is 0.457. The molecule has 2 N–H and O–H groups in total. The molecule has 1 aliphatic rings. The molecule has 2 heterocycles. The van der Waals surface area contributed by atoms with Crippen LogP contribution in [-0.4, -0.2) is 23.1 Å². The van der Waals surface area contributed by atoms with E-state index in [-0.39, 0.29) is 5.54 Å². The topological polar surface area (TPSA) is 37.0 Å². The van der Waals surface area contributed by atoms with Crippen LogP contribution in [0.4, 0.5) is 5.69 Å². The first kappa shape index (κ1) is 9.46. The summed E-state index contributed by atoms with van der Waals surface area (Å²) in [5.74, 6) is 0. The van der Waals surface area contributed by atoms with Gasteiger partial charge in [-0.3, -0.25) is 4.98 Å². The van der Waals surface area contributed by atoms with Gasteiger partial charge in [0.25, 0.3) is 0 Å². The molecule has 0 aromatic carbocycles. The molecule has 0 bridgehead atoms. The van der Waals surface area contributed by atoms with E-state index in [1.54, 1.807) is 6.20 Å². The largest absolute Gasteiger partial charge is 0.380 e. The van der Waals surface area contributed by atoms with E-state index in [0.29, 0.717) is 6.04 Å². The van der Waals surface area contributed by atoms with Crippen molar-refractivity contribution in [2.75, 3.05) is 11.9 Å². The van der Waals surface area contributed by atoms with Gasteiger partial charge in [0.15, 0.2) is 0 Å². The zero-order valence-electron chi connectivity index (χ0n) is 8.75. The highest BCUT2D eigenvalue weighted by atomic mass is 15.1. The molecule has 1 aromatic rings. The summed E-state index contributed by atoms with van der Waals surface area (Å²) in [6.07, 6.45) is 4.81. The standard InChI is InChI=1S/C11H17N3/c1-11(2)6-10(8-13-11)14-9-4-3-5-12-7-9/h3-5,7,10,13-14H,6,8H2,1-2H3. The number of nitrogens with one attached hydrogen (secondary N) is 2. The number of rotatable bonds is 2. The highest BCUT2D eigenvalue weighted by Gasteiger charge is 2.29. The van der Waals surface area contributed by atoms with E-state index in [9.17, 15) is 0 Å². The third-order valence-corrected chi connectivity index (χ3v) is 2.62. The van der Waals surface area contributed by atoms with Crippen molar-refractivity contribution in [1.29, 1.82) is 0 Å². The smallest absolute Gasteiger partial charge is 0.0529 e. The van der Waals surface area contributed by atoms with Crippen LogP contribution in [0.25, 0.3) is 0 Å². The number of hydrogen-bond donors (Lipinski definition) is 2. The van der Waals surface area contributed by atoms with Crippen molar-refractivity contribution in [1.82, 2.24) is 10.3 Å². The van der Waals surface area contributed by atoms with Crippen LogP contribution in [-0.2, 0) is 0 Å². The molecule has 0 saturated carbocycles. The van der Waals surface area contributed by atoms with Gasteiger partial charge in [0, 0.05) is 30.5 Å². The Morgan fingerprint density at radius 3 is 3.00 bits per heavy atom. The Morgan fingerprint density at radius 1 is 1.57 bits per heavy atom. The summed E-state index contributed by atoms with van der Waals surface area (Å²) in [6.45, 7) is 5.50. The van der Waals surface area contributed by atoms with Gasteiger partial charge in [0.2, 0.25) is 0 Å². The van der Waals surface area contributed by atoms with Crippen molar-refractivity contribution < 1.29 is 0 Å². The van der Waals surface area contributed by atoms with Crippen molar-refractivity contribution in [2.24, 2.45) is 0 Å². The molecule has 76 valence electrons. The Morgan fingerprint density at radius 2 is 2.43 bits per heavy atom. The SMILES string of the molecule is CC1(C)CC(Nc2cccnc2)CN1. The monoisotopic (exact) mass is 191 g/mol. The maximum Gasteiger partial charge on any atom is 0.0529 e. The van der Waals surface area contributed by atoms with E-state index in [1.807, 2.05) is 12.3 Å². The van der Waals surface area contributed by atoms with Crippen LogP contribution in [0.1, 0.15) is 20.3 Å². The van der Waals surface area contributed by atoms with Crippen molar-refractivity contribution in [2.45, 2.75) is 31.8 Å². The molecule has 2 rings (SSSR count). The average molecular weight is 191 g/mol. The highest BCUT2D eigenvalue weighted by molar-refractivity contribution is 5.41. The summed E-state index contributed by atoms with van der Waals surface area (Å²) >= 11 is 0. The van der Waals surface area contributed by atoms with Crippen LogP contribution in [0.15, 0.2) is 24.5 Å². The van der Waals surface area contributed by atoms with Crippen molar-refractivity contribution >= 4 is 5.69 Å². The molecule has 1 aromatic heterocycles. The second kappa shape index (κ2) is 3.58. The van der Waals surface area contributed by atoms with Crippen LogP contribution in [0.5, 0.6) is 0 Å². The van der Waals surface area contributed by atoms with Gasteiger partial charge >= 0.3 is 0 Å². The van der Waals surface area contributed by atoms with Gasteiger partial charge in [-0.05, 0) is 32.4 Å². The highest BCUT2D eigenvalue weighted by Crippen LogP contribution is 2.20. The summed E-state index contributed by atoms with van der Waals surface area (Å²) in [4.78, 5) is 4.08. The third kappa shape index (κ3) is 2.23. The summed E-state index contributed by atoms with van der Waals surface area (Å²) in [6, 6.07) is 4.53. The van der Waals surface area contributed by atoms with E-state index < -0.39 is 0 Å². The second-order valence-electron chi connectivity index (χ2n) is 4.55. The lowest BCUT2D eigenvalue weighted by Gasteiger charge is -2.17. The first-order valence-corrected chi connectivity index (χ1v) is 5.07. The van der Waals surface area contributed by atoms with Gasteiger partial charge in [0.05, 0.1) is 5.69 Å². The van der Waals surface area contributed by atoms with Crippen LogP contribution in [0, 0.1) is 0 Å². The van der Waals surface area contributed by atoms with Crippen molar-refractivity contribution in [3.8, 4) is 0 Å². The number of anilines is 1. The number of nitrogens with zero attached hydrogens (tertiary/aromatic N) is 1. The Hall–Kier alpha value is -1.09. The van der Waals surface area contributed by atoms with E-state index in [2.05, 4.69) is 35.5 Å². The van der Waals surface area contributed by atoms with Crippen molar-refractivity contribution in [3.05, 3.63) is 24.5 Å². The van der Waals surface area contributed by atoms with E-state index in [4.69, 9.17) is 0 Å². The Bertz CT molecular complexity index is 295. The molecule has 0 spiro atoms. The molecule has 3 nitrogen and oxygen atoms in total. The van der Waals surface area contributed by atoms with Gasteiger partial charge in [-0.1, -0.05) is 0 Å². The minimum absolute atomic E-state index is 0.264. The molecular weight excluding hydrogens is 174 g/mol. The Labute approximate surface area is 84.9 Å². The molecule has 1 fully saturated rings. The molecule has 0 amide bonds. The summed E-state index contributed by atoms with van der Waals surface area (Å²) in [5, 5.41) is 6.95. The van der Waals surface area contributed by atoms with Crippen LogP contribution in [0.3, 0.4) is 0 Å². The fraction of sp³-hybridized carbons (Fsp3) is 0.545. The van der Waals surface area contributed by atoms with Gasteiger partial charge in [-0.15, -0.1) is 0 Å². The predicted molar refractivity (Wildman–Crippen MR) is 58.3 cm³/mol. The van der Waals surface area contributed by atoms with E-state index >= 15 is 0 Å². The maximum absolute atomic E-state index is 4.08. The summed E-state index contributed by atoms with van der Waals surface area (Å²) < 4.78 is 0. The first-order valence-electron chi connectivity index (χ1n) is 5.07. The van der Waals surface area contributed by atoms with E-state index in [0.717, 1.165) is 18.7 Å². The summed E-state index contributed by atoms with van der Waals surface area (Å²) in [5.41, 5.74) is 1.37.